The monoisotopic (exact) mass is 1390 g/mol. The number of benzene rings is 5. The van der Waals surface area contributed by atoms with Crippen molar-refractivity contribution in [1.29, 1.82) is 0 Å². The minimum Gasteiger partial charge on any atom is -0.494 e. The molecule has 24 heteroatoms. The lowest BCUT2D eigenvalue weighted by atomic mass is 9.78. The van der Waals surface area contributed by atoms with Crippen molar-refractivity contribution in [1.82, 2.24) is 65.0 Å². The zero-order valence-electron chi connectivity index (χ0n) is 61.6. The van der Waals surface area contributed by atoms with Gasteiger partial charge in [-0.05, 0) is 142 Å². The highest BCUT2D eigenvalue weighted by Gasteiger charge is 2.31. The fourth-order valence-electron chi connectivity index (χ4n) is 13.0. The maximum atomic E-state index is 13.9. The predicted octanol–water partition coefficient (Wildman–Crippen LogP) is 9.51. The quantitative estimate of drug-likeness (QED) is 0.0188. The van der Waals surface area contributed by atoms with Crippen LogP contribution in [0.1, 0.15) is 118 Å². The Kier molecular flexibility index (Phi) is 25.2. The van der Waals surface area contributed by atoms with Gasteiger partial charge >= 0.3 is 0 Å². The Labute approximate surface area is 600 Å². The van der Waals surface area contributed by atoms with Gasteiger partial charge in [0.05, 0.1) is 72.5 Å². The standard InChI is InChI=1S/C78H107N17O7/c1-11-30-93(70(98)21-16-41-101-59-19-15-18-53(42-59)74-83-62-25-22-54(45-65(62)86-74)75-84-63-26-23-57(46-66(63)87-75)91-36-32-89(9)33-37-91)51-71(99)94(31-12-2)52-72(100)95(50-68(80)96)49-56(79)48-81-28-17-29-82-69(97)20-13-14-40-102-73-60(77(3,4)5)43-55(44-61(73)78(6,7)8)76-85-64-27-24-58(47-67(64)88-76)92-38-34-90(10)35-39-92/h15,18-19,22-27,42-48,81H,11-14,16-17,20-21,28-41,49-52,79H2,1-10H3,(H2,80,96)(H,82,97)(H,83,86)(H,84,87)(H,85,88)/b56-48-. The fourth-order valence-corrected chi connectivity index (χ4v) is 13.0. The number of imidazole rings is 3. The summed E-state index contributed by atoms with van der Waals surface area (Å²) < 4.78 is 12.8. The van der Waals surface area contributed by atoms with Gasteiger partial charge in [-0.1, -0.05) is 67.5 Å². The number of piperazine rings is 2. The molecule has 24 nitrogen and oxygen atoms in total. The van der Waals surface area contributed by atoms with Gasteiger partial charge in [0, 0.05) is 142 Å². The number of carbonyl (C=O) groups is 5. The molecule has 0 atom stereocenters. The van der Waals surface area contributed by atoms with Crippen molar-refractivity contribution in [2.24, 2.45) is 11.5 Å². The number of fused-ring (bicyclic) bond motifs is 3. The molecule has 5 aromatic carbocycles. The number of anilines is 2. The van der Waals surface area contributed by atoms with Gasteiger partial charge in [-0.25, -0.2) is 15.0 Å². The Morgan fingerprint density at radius 3 is 1.59 bits per heavy atom. The van der Waals surface area contributed by atoms with Crippen LogP contribution in [-0.2, 0) is 34.8 Å². The number of nitrogens with zero attached hydrogens (tertiary/aromatic N) is 10. The molecule has 8 aromatic rings. The Hall–Kier alpha value is -9.68. The van der Waals surface area contributed by atoms with Crippen LogP contribution in [0.5, 0.6) is 11.5 Å². The summed E-state index contributed by atoms with van der Waals surface area (Å²) in [5.74, 6) is 1.91. The van der Waals surface area contributed by atoms with Crippen LogP contribution < -0.4 is 41.4 Å². The van der Waals surface area contributed by atoms with Crippen LogP contribution in [0.15, 0.2) is 103 Å². The maximum absolute atomic E-state index is 13.9. The number of ether oxygens (including phenoxy) is 2. The maximum Gasteiger partial charge on any atom is 0.243 e. The van der Waals surface area contributed by atoms with E-state index in [0.29, 0.717) is 82.8 Å². The van der Waals surface area contributed by atoms with Gasteiger partial charge < -0.3 is 80.8 Å². The Bertz CT molecular complexity index is 4190. The van der Waals surface area contributed by atoms with Gasteiger partial charge in [-0.15, -0.1) is 0 Å². The SMILES string of the molecule is CCCN(CC(=O)N(CCC)CC(=O)N(CC(N)=O)C/C(N)=C/NCCCNC(=O)CCCCOc1c(C(C)(C)C)cc(-c2nc3ccc(N4CCN(C)CC4)cc3[nH]2)cc1C(C)(C)C)C(=O)CCCOc1cccc(-c2nc3ccc(-c4nc5ccc(N6CCN(C)CC6)cc5[nH]4)cc3[nH]2)c1. The molecule has 0 radical (unpaired) electrons. The average molecular weight is 1390 g/mol. The number of aromatic nitrogens is 6. The van der Waals surface area contributed by atoms with E-state index in [4.69, 9.17) is 35.9 Å². The first-order valence-electron chi connectivity index (χ1n) is 36.4. The van der Waals surface area contributed by atoms with Crippen molar-refractivity contribution in [3.63, 3.8) is 0 Å². The summed E-state index contributed by atoms with van der Waals surface area (Å²) in [6.45, 7) is 26.4. The highest BCUT2D eigenvalue weighted by Crippen LogP contribution is 2.43. The van der Waals surface area contributed by atoms with E-state index in [-0.39, 0.29) is 67.5 Å². The molecule has 9 N–H and O–H groups in total. The van der Waals surface area contributed by atoms with Crippen LogP contribution >= 0.6 is 0 Å². The topological polar surface area (TPSA) is 289 Å². The lowest BCUT2D eigenvalue weighted by molar-refractivity contribution is -0.144. The zero-order valence-corrected chi connectivity index (χ0v) is 61.6. The Morgan fingerprint density at radius 1 is 0.529 bits per heavy atom. The van der Waals surface area contributed by atoms with Crippen LogP contribution in [0.2, 0.25) is 0 Å². The number of unbranched alkanes of at least 4 members (excludes halogenated alkanes) is 1. The molecule has 0 spiro atoms. The number of hydrogen-bond donors (Lipinski definition) is 7. The van der Waals surface area contributed by atoms with E-state index in [2.05, 4.69) is 155 Å². The van der Waals surface area contributed by atoms with Gasteiger partial charge in [-0.2, -0.15) is 0 Å². The van der Waals surface area contributed by atoms with Crippen LogP contribution in [-0.4, -0.2) is 216 Å². The lowest BCUT2D eigenvalue weighted by Gasteiger charge is -2.34. The second-order valence-electron chi connectivity index (χ2n) is 29.4. The second kappa shape index (κ2) is 34.3. The summed E-state index contributed by atoms with van der Waals surface area (Å²) in [5.41, 5.74) is 24.8. The van der Waals surface area contributed by atoms with Crippen molar-refractivity contribution in [3.05, 3.63) is 114 Å². The molecule has 10 rings (SSSR count). The number of H-pyrrole nitrogens is 3. The Morgan fingerprint density at radius 2 is 1.04 bits per heavy atom. The molecule has 0 bridgehead atoms. The molecule has 5 amide bonds. The first-order chi connectivity index (χ1) is 48.9. The highest BCUT2D eigenvalue weighted by atomic mass is 16.5. The molecule has 546 valence electrons. The number of hydrogen-bond acceptors (Lipinski definition) is 16. The minimum absolute atomic E-state index is 0.0469. The van der Waals surface area contributed by atoms with Crippen molar-refractivity contribution in [2.45, 2.75) is 118 Å². The lowest BCUT2D eigenvalue weighted by Crippen LogP contribution is -2.49. The van der Waals surface area contributed by atoms with E-state index in [9.17, 15) is 24.0 Å². The largest absolute Gasteiger partial charge is 0.494 e. The van der Waals surface area contributed by atoms with E-state index in [1.54, 1.807) is 6.20 Å². The van der Waals surface area contributed by atoms with Crippen molar-refractivity contribution >= 4 is 74.0 Å². The molecule has 2 saturated heterocycles. The summed E-state index contributed by atoms with van der Waals surface area (Å²) in [6, 6.07) is 31.1. The van der Waals surface area contributed by atoms with Gasteiger partial charge in [0.2, 0.25) is 29.5 Å². The normalized spacial score (nSPS) is 14.2. The van der Waals surface area contributed by atoms with Crippen LogP contribution in [0.25, 0.3) is 67.3 Å². The van der Waals surface area contributed by atoms with Crippen LogP contribution in [0.3, 0.4) is 0 Å². The predicted molar refractivity (Wildman–Crippen MR) is 406 cm³/mol. The molecule has 0 unspecified atom stereocenters. The molecule has 2 aliphatic rings. The van der Waals surface area contributed by atoms with E-state index < -0.39 is 24.3 Å². The average Bonchev–Trinajstić information content (AvgIpc) is 1.25. The third-order valence-electron chi connectivity index (χ3n) is 18.9. The number of nitrogens with two attached hydrogens (primary N) is 2. The molecule has 0 aliphatic carbocycles. The summed E-state index contributed by atoms with van der Waals surface area (Å²) in [5, 5.41) is 6.14. The smallest absolute Gasteiger partial charge is 0.243 e. The third kappa shape index (κ3) is 20.1. The minimum atomic E-state index is -0.738. The van der Waals surface area contributed by atoms with Crippen molar-refractivity contribution in [3.8, 4) is 45.7 Å². The number of carbonyl (C=O) groups excluding carboxylic acids is 5. The number of rotatable bonds is 33. The Balaban J connectivity index is 0.634. The molecule has 102 heavy (non-hydrogen) atoms. The van der Waals surface area contributed by atoms with Gasteiger partial charge in [-0.3, -0.25) is 24.0 Å². The first kappa shape index (κ1) is 75.0. The van der Waals surface area contributed by atoms with Crippen LogP contribution in [0, 0.1) is 0 Å². The summed E-state index contributed by atoms with van der Waals surface area (Å²) in [7, 11) is 4.33. The number of nitrogens with one attached hydrogen (secondary N) is 5. The zero-order chi connectivity index (χ0) is 72.7. The van der Waals surface area contributed by atoms with Gasteiger partial charge in [0.15, 0.2) is 0 Å². The van der Waals surface area contributed by atoms with Crippen LogP contribution in [0.4, 0.5) is 11.4 Å². The molecule has 2 fully saturated rings. The van der Waals surface area contributed by atoms with Crippen molar-refractivity contribution < 1.29 is 33.4 Å². The highest BCUT2D eigenvalue weighted by molar-refractivity contribution is 5.91. The van der Waals surface area contributed by atoms with E-state index in [0.717, 1.165) is 131 Å². The molecule has 0 saturated carbocycles. The number of primary amides is 1. The molecule has 5 heterocycles. The fraction of sp³-hybridized carbons (Fsp3) is 0.487. The van der Waals surface area contributed by atoms with E-state index in [1.165, 1.54) is 26.1 Å². The number of amides is 5. The summed E-state index contributed by atoms with van der Waals surface area (Å²) >= 11 is 0. The number of likely N-dealkylation sites (N-methyl/N-ethyl adjacent to an activating group) is 2. The number of aromatic amines is 3. The van der Waals surface area contributed by atoms with Crippen molar-refractivity contribution in [2.75, 3.05) is 142 Å². The molecular weight excluding hydrogens is 1290 g/mol. The van der Waals surface area contributed by atoms with Gasteiger partial charge in [0.25, 0.3) is 0 Å². The molecule has 2 aliphatic heterocycles. The van der Waals surface area contributed by atoms with Gasteiger partial charge in [0.1, 0.15) is 29.0 Å². The second-order valence-corrected chi connectivity index (χ2v) is 29.4. The summed E-state index contributed by atoms with van der Waals surface area (Å²) in [6.07, 6.45) is 5.60. The first-order valence-corrected chi connectivity index (χ1v) is 36.4. The van der Waals surface area contributed by atoms with E-state index >= 15 is 0 Å². The molecule has 3 aromatic heterocycles. The third-order valence-corrected chi connectivity index (χ3v) is 18.9. The molecular formula is C78H107N17O7. The summed E-state index contributed by atoms with van der Waals surface area (Å²) in [4.78, 5) is 106. The van der Waals surface area contributed by atoms with E-state index in [1.807, 2.05) is 50.2 Å².